The Bertz CT molecular complexity index is 810. The van der Waals surface area contributed by atoms with E-state index in [-0.39, 0.29) is 22.9 Å². The Labute approximate surface area is 135 Å². The van der Waals surface area contributed by atoms with E-state index in [1.807, 2.05) is 32.9 Å². The Balaban J connectivity index is 2.08. The minimum atomic E-state index is -0.206. The van der Waals surface area contributed by atoms with E-state index < -0.39 is 0 Å². The standard InChI is InChI=1S/C18H22N2O3/c1-4-13-10-23-6-5-20(13)18(22)15-9-19-16-12(3)7-11(2)8-14(16)17(15)21/h7-9,13H,4-6,10H2,1-3H3,(H,19,21). The predicted octanol–water partition coefficient (Wildman–Crippen LogP) is 2.40. The number of amides is 1. The summed E-state index contributed by atoms with van der Waals surface area (Å²) >= 11 is 0. The van der Waals surface area contributed by atoms with E-state index >= 15 is 0 Å². The summed E-state index contributed by atoms with van der Waals surface area (Å²) < 4.78 is 5.44. The molecule has 1 N–H and O–H groups in total. The average Bonchev–Trinajstić information content (AvgIpc) is 2.55. The molecular formula is C18H22N2O3. The van der Waals surface area contributed by atoms with Gasteiger partial charge in [0.15, 0.2) is 0 Å². The molecule has 1 aromatic heterocycles. The van der Waals surface area contributed by atoms with Crippen molar-refractivity contribution in [2.24, 2.45) is 0 Å². The summed E-state index contributed by atoms with van der Waals surface area (Å²) in [6, 6.07) is 3.90. The largest absolute Gasteiger partial charge is 0.377 e. The Morgan fingerprint density at radius 1 is 1.39 bits per heavy atom. The monoisotopic (exact) mass is 314 g/mol. The molecule has 0 aliphatic carbocycles. The second-order valence-corrected chi connectivity index (χ2v) is 6.17. The first-order chi connectivity index (χ1) is 11.0. The van der Waals surface area contributed by atoms with Gasteiger partial charge in [0, 0.05) is 18.1 Å². The molecule has 2 heterocycles. The van der Waals surface area contributed by atoms with E-state index in [0.717, 1.165) is 23.1 Å². The highest BCUT2D eigenvalue weighted by atomic mass is 16.5. The van der Waals surface area contributed by atoms with E-state index in [0.29, 0.717) is 25.1 Å². The molecule has 1 amide bonds. The average molecular weight is 314 g/mol. The van der Waals surface area contributed by atoms with E-state index in [4.69, 9.17) is 4.74 Å². The number of hydrogen-bond donors (Lipinski definition) is 1. The van der Waals surface area contributed by atoms with Gasteiger partial charge in [-0.1, -0.05) is 13.0 Å². The molecule has 0 spiro atoms. The molecule has 0 bridgehead atoms. The van der Waals surface area contributed by atoms with Crippen LogP contribution in [0.3, 0.4) is 0 Å². The van der Waals surface area contributed by atoms with E-state index in [9.17, 15) is 9.59 Å². The van der Waals surface area contributed by atoms with Crippen molar-refractivity contribution in [3.05, 3.63) is 45.2 Å². The van der Waals surface area contributed by atoms with Crippen LogP contribution in [-0.2, 0) is 4.74 Å². The molecule has 23 heavy (non-hydrogen) atoms. The zero-order valence-corrected chi connectivity index (χ0v) is 13.8. The fourth-order valence-corrected chi connectivity index (χ4v) is 3.27. The lowest BCUT2D eigenvalue weighted by Gasteiger charge is -2.35. The Morgan fingerprint density at radius 2 is 2.17 bits per heavy atom. The molecule has 122 valence electrons. The van der Waals surface area contributed by atoms with Crippen molar-refractivity contribution in [2.45, 2.75) is 33.2 Å². The second-order valence-electron chi connectivity index (χ2n) is 6.17. The van der Waals surface area contributed by atoms with Gasteiger partial charge in [-0.15, -0.1) is 0 Å². The highest BCUT2D eigenvalue weighted by molar-refractivity contribution is 5.97. The molecule has 1 aliphatic rings. The van der Waals surface area contributed by atoms with Crippen LogP contribution in [0.5, 0.6) is 0 Å². The third-order valence-corrected chi connectivity index (χ3v) is 4.52. The third-order valence-electron chi connectivity index (χ3n) is 4.52. The molecule has 1 fully saturated rings. The number of hydrogen-bond acceptors (Lipinski definition) is 3. The Morgan fingerprint density at radius 3 is 2.91 bits per heavy atom. The minimum absolute atomic E-state index is 0.0330. The summed E-state index contributed by atoms with van der Waals surface area (Å²) in [6.45, 7) is 7.52. The van der Waals surface area contributed by atoms with Gasteiger partial charge in [0.25, 0.3) is 5.91 Å². The molecule has 2 aromatic rings. The molecule has 5 heteroatoms. The van der Waals surface area contributed by atoms with Crippen molar-refractivity contribution in [1.29, 1.82) is 0 Å². The zero-order chi connectivity index (χ0) is 16.6. The number of benzene rings is 1. The van der Waals surface area contributed by atoms with Gasteiger partial charge < -0.3 is 14.6 Å². The lowest BCUT2D eigenvalue weighted by molar-refractivity contribution is -0.00287. The van der Waals surface area contributed by atoms with Crippen molar-refractivity contribution in [2.75, 3.05) is 19.8 Å². The molecule has 1 aromatic carbocycles. The number of carbonyl (C=O) groups is 1. The van der Waals surface area contributed by atoms with E-state index in [1.165, 1.54) is 0 Å². The van der Waals surface area contributed by atoms with Crippen LogP contribution in [0.15, 0.2) is 23.1 Å². The number of nitrogens with one attached hydrogen (secondary N) is 1. The summed E-state index contributed by atoms with van der Waals surface area (Å²) in [5.74, 6) is -0.206. The maximum Gasteiger partial charge on any atom is 0.259 e. The molecule has 1 saturated heterocycles. The number of aryl methyl sites for hydroxylation is 2. The number of ether oxygens (including phenoxy) is 1. The lowest BCUT2D eigenvalue weighted by atomic mass is 10.0. The lowest BCUT2D eigenvalue weighted by Crippen LogP contribution is -2.49. The van der Waals surface area contributed by atoms with Gasteiger partial charge in [0.1, 0.15) is 5.56 Å². The van der Waals surface area contributed by atoms with Crippen molar-refractivity contribution >= 4 is 16.8 Å². The number of rotatable bonds is 2. The topological polar surface area (TPSA) is 62.4 Å². The number of aromatic amines is 1. The number of fused-ring (bicyclic) bond motifs is 1. The van der Waals surface area contributed by atoms with Gasteiger partial charge >= 0.3 is 0 Å². The highest BCUT2D eigenvalue weighted by Crippen LogP contribution is 2.18. The number of pyridine rings is 1. The van der Waals surface area contributed by atoms with Gasteiger partial charge in [0.2, 0.25) is 5.43 Å². The molecule has 0 saturated carbocycles. The van der Waals surface area contributed by atoms with Crippen LogP contribution in [0.25, 0.3) is 10.9 Å². The summed E-state index contributed by atoms with van der Waals surface area (Å²) in [7, 11) is 0. The second kappa shape index (κ2) is 6.16. The van der Waals surface area contributed by atoms with Crippen molar-refractivity contribution < 1.29 is 9.53 Å². The maximum absolute atomic E-state index is 12.9. The predicted molar refractivity (Wildman–Crippen MR) is 90.0 cm³/mol. The number of nitrogens with zero attached hydrogens (tertiary/aromatic N) is 1. The maximum atomic E-state index is 12.9. The fourth-order valence-electron chi connectivity index (χ4n) is 3.27. The Hall–Kier alpha value is -2.14. The fraction of sp³-hybridized carbons (Fsp3) is 0.444. The molecule has 3 rings (SSSR count). The summed E-state index contributed by atoms with van der Waals surface area (Å²) in [6.07, 6.45) is 2.37. The molecular weight excluding hydrogens is 292 g/mol. The van der Waals surface area contributed by atoms with Gasteiger partial charge in [0.05, 0.1) is 24.8 Å². The Kier molecular flexibility index (Phi) is 4.22. The minimum Gasteiger partial charge on any atom is -0.377 e. The smallest absolute Gasteiger partial charge is 0.259 e. The quantitative estimate of drug-likeness (QED) is 0.926. The normalized spacial score (nSPS) is 18.4. The van der Waals surface area contributed by atoms with Crippen molar-refractivity contribution in [3.63, 3.8) is 0 Å². The van der Waals surface area contributed by atoms with Crippen LogP contribution in [-0.4, -0.2) is 41.6 Å². The number of morpholine rings is 1. The zero-order valence-electron chi connectivity index (χ0n) is 13.8. The summed E-state index contributed by atoms with van der Waals surface area (Å²) in [5, 5.41) is 0.578. The van der Waals surface area contributed by atoms with E-state index in [2.05, 4.69) is 4.98 Å². The first-order valence-electron chi connectivity index (χ1n) is 8.04. The SMILES string of the molecule is CCC1COCCN1C(=O)c1c[nH]c2c(C)cc(C)cc2c1=O. The number of carbonyl (C=O) groups excluding carboxylic acids is 1. The number of aromatic nitrogens is 1. The summed E-state index contributed by atoms with van der Waals surface area (Å²) in [5.41, 5.74) is 2.84. The number of H-pyrrole nitrogens is 1. The highest BCUT2D eigenvalue weighted by Gasteiger charge is 2.28. The molecule has 5 nitrogen and oxygen atoms in total. The third kappa shape index (κ3) is 2.77. The van der Waals surface area contributed by atoms with Crippen LogP contribution >= 0.6 is 0 Å². The first kappa shape index (κ1) is 15.7. The van der Waals surface area contributed by atoms with Crippen molar-refractivity contribution in [3.8, 4) is 0 Å². The molecule has 1 aliphatic heterocycles. The van der Waals surface area contributed by atoms with Crippen LogP contribution < -0.4 is 5.43 Å². The molecule has 1 unspecified atom stereocenters. The van der Waals surface area contributed by atoms with Gasteiger partial charge in [-0.25, -0.2) is 0 Å². The van der Waals surface area contributed by atoms with Gasteiger partial charge in [-0.3, -0.25) is 9.59 Å². The summed E-state index contributed by atoms with van der Waals surface area (Å²) in [4.78, 5) is 30.6. The van der Waals surface area contributed by atoms with Crippen molar-refractivity contribution in [1.82, 2.24) is 9.88 Å². The van der Waals surface area contributed by atoms with Gasteiger partial charge in [-0.05, 0) is 37.5 Å². The molecule has 1 atom stereocenters. The van der Waals surface area contributed by atoms with Crippen LogP contribution in [0.1, 0.15) is 34.8 Å². The van der Waals surface area contributed by atoms with E-state index in [1.54, 1.807) is 11.1 Å². The molecule has 0 radical (unpaired) electrons. The van der Waals surface area contributed by atoms with Crippen LogP contribution in [0, 0.1) is 13.8 Å². The van der Waals surface area contributed by atoms with Gasteiger partial charge in [-0.2, -0.15) is 0 Å². The first-order valence-corrected chi connectivity index (χ1v) is 8.04. The van der Waals surface area contributed by atoms with Crippen LogP contribution in [0.4, 0.5) is 0 Å². The van der Waals surface area contributed by atoms with Crippen LogP contribution in [0.2, 0.25) is 0 Å².